The predicted molar refractivity (Wildman–Crippen MR) is 56.6 cm³/mol. The molecular formula is C11H13NO4. The van der Waals surface area contributed by atoms with Crippen LogP contribution in [0.25, 0.3) is 0 Å². The van der Waals surface area contributed by atoms with Crippen molar-refractivity contribution in [1.29, 1.82) is 0 Å². The molecule has 0 saturated heterocycles. The van der Waals surface area contributed by atoms with E-state index >= 15 is 0 Å². The van der Waals surface area contributed by atoms with Crippen LogP contribution in [-0.2, 0) is 20.9 Å². The van der Waals surface area contributed by atoms with Gasteiger partial charge in [-0.2, -0.15) is 0 Å². The summed E-state index contributed by atoms with van der Waals surface area (Å²) in [5, 5.41) is 11.4. The van der Waals surface area contributed by atoms with Crippen molar-refractivity contribution in [3.63, 3.8) is 0 Å². The summed E-state index contributed by atoms with van der Waals surface area (Å²) in [6.07, 6.45) is 0. The van der Waals surface area contributed by atoms with Gasteiger partial charge in [0.2, 0.25) is 0 Å². The van der Waals surface area contributed by atoms with E-state index in [1.54, 1.807) is 19.1 Å². The summed E-state index contributed by atoms with van der Waals surface area (Å²) < 4.78 is 4.52. The van der Waals surface area contributed by atoms with Gasteiger partial charge in [0.25, 0.3) is 0 Å². The van der Waals surface area contributed by atoms with Crippen LogP contribution in [0.5, 0.6) is 5.75 Å². The fraction of sp³-hybridized carbons (Fsp3) is 0.273. The number of carbonyl (C=O) groups is 2. The number of hydrogen-bond acceptors (Lipinski definition) is 4. The second kappa shape index (κ2) is 5.75. The molecule has 0 aromatic heterocycles. The van der Waals surface area contributed by atoms with Gasteiger partial charge in [-0.05, 0) is 24.6 Å². The highest BCUT2D eigenvalue weighted by molar-refractivity contribution is 6.32. The summed E-state index contributed by atoms with van der Waals surface area (Å²) >= 11 is 0. The molecule has 0 unspecified atom stereocenters. The minimum Gasteiger partial charge on any atom is -0.508 e. The summed E-state index contributed by atoms with van der Waals surface area (Å²) in [7, 11) is 0. The van der Waals surface area contributed by atoms with E-state index in [0.717, 1.165) is 5.56 Å². The van der Waals surface area contributed by atoms with Crippen LogP contribution in [0.2, 0.25) is 0 Å². The number of rotatable bonds is 3. The van der Waals surface area contributed by atoms with Crippen LogP contribution in [0.4, 0.5) is 0 Å². The van der Waals surface area contributed by atoms with Crippen LogP contribution >= 0.6 is 0 Å². The topological polar surface area (TPSA) is 75.6 Å². The Hall–Kier alpha value is -2.04. The third-order valence-corrected chi connectivity index (χ3v) is 1.85. The molecule has 0 aliphatic heterocycles. The van der Waals surface area contributed by atoms with E-state index in [4.69, 9.17) is 5.11 Å². The smallest absolute Gasteiger partial charge is 0.396 e. The van der Waals surface area contributed by atoms with Crippen molar-refractivity contribution in [3.05, 3.63) is 29.8 Å². The first-order valence-corrected chi connectivity index (χ1v) is 4.86. The zero-order valence-electron chi connectivity index (χ0n) is 8.90. The summed E-state index contributed by atoms with van der Waals surface area (Å²) in [5.74, 6) is -1.50. The average Bonchev–Trinajstić information content (AvgIpc) is 2.28. The number of esters is 1. The molecule has 1 rings (SSSR count). The van der Waals surface area contributed by atoms with Crippen LogP contribution < -0.4 is 5.32 Å². The summed E-state index contributed by atoms with van der Waals surface area (Å²) in [6.45, 7) is 2.02. The van der Waals surface area contributed by atoms with E-state index in [0.29, 0.717) is 0 Å². The van der Waals surface area contributed by atoms with Crippen LogP contribution in [-0.4, -0.2) is 23.6 Å². The minimum absolute atomic E-state index is 0.153. The Morgan fingerprint density at radius 1 is 1.31 bits per heavy atom. The van der Waals surface area contributed by atoms with E-state index < -0.39 is 11.9 Å². The highest BCUT2D eigenvalue weighted by Crippen LogP contribution is 2.08. The maximum absolute atomic E-state index is 11.1. The second-order valence-electron chi connectivity index (χ2n) is 3.07. The number of nitrogens with one attached hydrogen (secondary N) is 1. The van der Waals surface area contributed by atoms with Gasteiger partial charge in [0.15, 0.2) is 0 Å². The molecule has 1 amide bonds. The number of hydrogen-bond donors (Lipinski definition) is 2. The molecule has 1 aromatic rings. The van der Waals surface area contributed by atoms with E-state index in [9.17, 15) is 9.59 Å². The van der Waals surface area contributed by atoms with Crippen LogP contribution in [0.3, 0.4) is 0 Å². The lowest BCUT2D eigenvalue weighted by atomic mass is 10.2. The first-order valence-electron chi connectivity index (χ1n) is 4.86. The van der Waals surface area contributed by atoms with Crippen LogP contribution in [0.1, 0.15) is 12.5 Å². The number of aromatic hydroxyl groups is 1. The molecule has 0 atom stereocenters. The van der Waals surface area contributed by atoms with E-state index in [1.165, 1.54) is 12.1 Å². The van der Waals surface area contributed by atoms with Crippen molar-refractivity contribution in [1.82, 2.24) is 5.32 Å². The monoisotopic (exact) mass is 223 g/mol. The first kappa shape index (κ1) is 12.0. The van der Waals surface area contributed by atoms with E-state index in [-0.39, 0.29) is 18.9 Å². The lowest BCUT2D eigenvalue weighted by Crippen LogP contribution is -2.31. The number of ether oxygens (including phenoxy) is 1. The van der Waals surface area contributed by atoms with Gasteiger partial charge in [-0.1, -0.05) is 12.1 Å². The summed E-state index contributed by atoms with van der Waals surface area (Å²) in [6, 6.07) is 6.32. The Kier molecular flexibility index (Phi) is 4.32. The highest BCUT2D eigenvalue weighted by Gasteiger charge is 2.13. The number of carbonyl (C=O) groups excluding carboxylic acids is 2. The number of amides is 1. The normalized spacial score (nSPS) is 9.56. The van der Waals surface area contributed by atoms with Gasteiger partial charge in [0.1, 0.15) is 5.75 Å². The highest BCUT2D eigenvalue weighted by atomic mass is 16.5. The van der Waals surface area contributed by atoms with E-state index in [2.05, 4.69) is 10.1 Å². The van der Waals surface area contributed by atoms with Crippen molar-refractivity contribution in [2.75, 3.05) is 6.61 Å². The fourth-order valence-electron chi connectivity index (χ4n) is 1.06. The van der Waals surface area contributed by atoms with Gasteiger partial charge in [-0.3, -0.25) is 4.79 Å². The van der Waals surface area contributed by atoms with Gasteiger partial charge < -0.3 is 15.2 Å². The zero-order valence-corrected chi connectivity index (χ0v) is 8.90. The molecule has 2 N–H and O–H groups in total. The predicted octanol–water partition coefficient (Wildman–Crippen LogP) is 0.571. The Bertz CT molecular complexity index is 372. The quantitative estimate of drug-likeness (QED) is 0.580. The number of benzene rings is 1. The third kappa shape index (κ3) is 3.61. The maximum atomic E-state index is 11.1. The van der Waals surface area contributed by atoms with Gasteiger partial charge in [-0.25, -0.2) is 4.79 Å². The molecule has 5 heteroatoms. The molecular weight excluding hydrogens is 210 g/mol. The van der Waals surface area contributed by atoms with Crippen molar-refractivity contribution < 1.29 is 19.4 Å². The molecule has 0 heterocycles. The molecule has 0 bridgehead atoms. The molecule has 0 aliphatic rings. The minimum atomic E-state index is -0.888. The van der Waals surface area contributed by atoms with Gasteiger partial charge in [0, 0.05) is 6.54 Å². The Labute approximate surface area is 93.0 Å². The third-order valence-electron chi connectivity index (χ3n) is 1.85. The Morgan fingerprint density at radius 3 is 2.50 bits per heavy atom. The van der Waals surface area contributed by atoms with E-state index in [1.807, 2.05) is 0 Å². The molecule has 0 fully saturated rings. The van der Waals surface area contributed by atoms with Gasteiger partial charge >= 0.3 is 11.9 Å². The average molecular weight is 223 g/mol. The second-order valence-corrected chi connectivity index (χ2v) is 3.07. The van der Waals surface area contributed by atoms with Crippen molar-refractivity contribution in [3.8, 4) is 5.75 Å². The molecule has 0 radical (unpaired) electrons. The fourth-order valence-corrected chi connectivity index (χ4v) is 1.06. The summed E-state index contributed by atoms with van der Waals surface area (Å²) in [5.41, 5.74) is 0.787. The largest absolute Gasteiger partial charge is 0.508 e. The number of phenolic OH excluding ortho intramolecular Hbond substituents is 1. The molecule has 1 aromatic carbocycles. The molecule has 0 spiro atoms. The zero-order chi connectivity index (χ0) is 12.0. The Morgan fingerprint density at radius 2 is 1.94 bits per heavy atom. The van der Waals surface area contributed by atoms with Crippen molar-refractivity contribution >= 4 is 11.9 Å². The lowest BCUT2D eigenvalue weighted by Gasteiger charge is -2.04. The molecule has 16 heavy (non-hydrogen) atoms. The lowest BCUT2D eigenvalue weighted by molar-refractivity contribution is -0.154. The van der Waals surface area contributed by atoms with Crippen LogP contribution in [0, 0.1) is 0 Å². The van der Waals surface area contributed by atoms with Crippen molar-refractivity contribution in [2.24, 2.45) is 0 Å². The molecule has 5 nitrogen and oxygen atoms in total. The molecule has 0 saturated carbocycles. The maximum Gasteiger partial charge on any atom is 0.396 e. The molecule has 86 valence electrons. The van der Waals surface area contributed by atoms with Gasteiger partial charge in [0.05, 0.1) is 6.61 Å². The van der Waals surface area contributed by atoms with Gasteiger partial charge in [-0.15, -0.1) is 0 Å². The van der Waals surface area contributed by atoms with Crippen LogP contribution in [0.15, 0.2) is 24.3 Å². The standard InChI is InChI=1S/C11H13NO4/c1-2-16-11(15)10(14)12-7-8-3-5-9(13)6-4-8/h3-6,13H,2,7H2,1H3,(H,12,14). The SMILES string of the molecule is CCOC(=O)C(=O)NCc1ccc(O)cc1. The summed E-state index contributed by atoms with van der Waals surface area (Å²) in [4.78, 5) is 22.1. The molecule has 0 aliphatic carbocycles. The number of phenols is 1. The Balaban J connectivity index is 2.42. The van der Waals surface area contributed by atoms with Crippen molar-refractivity contribution in [2.45, 2.75) is 13.5 Å². The first-order chi connectivity index (χ1) is 7.63.